The zero-order chi connectivity index (χ0) is 10.7. The highest BCUT2D eigenvalue weighted by Gasteiger charge is 2.21. The van der Waals surface area contributed by atoms with Gasteiger partial charge in [-0.2, -0.15) is 0 Å². The van der Waals surface area contributed by atoms with Crippen LogP contribution in [0.4, 0.5) is 0 Å². The summed E-state index contributed by atoms with van der Waals surface area (Å²) in [5.41, 5.74) is 1.30. The summed E-state index contributed by atoms with van der Waals surface area (Å²) in [4.78, 5) is 4.55. The average Bonchev–Trinajstić information content (AvgIpc) is 2.64. The fourth-order valence-corrected chi connectivity index (χ4v) is 3.16. The highest BCUT2D eigenvalue weighted by atomic mass is 32.1. The third kappa shape index (κ3) is 3.02. The molecule has 0 spiro atoms. The molecule has 1 aromatic rings. The van der Waals surface area contributed by atoms with Gasteiger partial charge in [0.15, 0.2) is 0 Å². The maximum Gasteiger partial charge on any atom is 0.0897 e. The van der Waals surface area contributed by atoms with Crippen molar-refractivity contribution in [3.05, 3.63) is 16.1 Å². The first-order chi connectivity index (χ1) is 7.28. The van der Waals surface area contributed by atoms with Crippen molar-refractivity contribution < 1.29 is 0 Å². The molecule has 1 aromatic heterocycles. The molecule has 2 atom stereocenters. The Hall–Kier alpha value is -0.410. The number of nitrogens with zero attached hydrogens (tertiary/aromatic N) is 1. The largest absolute Gasteiger partial charge is 0.317 e. The molecule has 0 radical (unpaired) electrons. The molecular formula is C12H20N2S. The summed E-state index contributed by atoms with van der Waals surface area (Å²) in [7, 11) is 2.08. The Morgan fingerprint density at radius 2 is 2.40 bits per heavy atom. The maximum atomic E-state index is 4.55. The maximum absolute atomic E-state index is 4.55. The summed E-state index contributed by atoms with van der Waals surface area (Å²) >= 11 is 1.77. The summed E-state index contributed by atoms with van der Waals surface area (Å²) in [6.07, 6.45) is 6.62. The fourth-order valence-electron chi connectivity index (χ4n) is 2.54. The van der Waals surface area contributed by atoms with Crippen molar-refractivity contribution in [2.45, 2.75) is 45.1 Å². The van der Waals surface area contributed by atoms with E-state index >= 15 is 0 Å². The highest BCUT2D eigenvalue weighted by Crippen LogP contribution is 2.27. The lowest BCUT2D eigenvalue weighted by atomic mass is 9.83. The first-order valence-electron chi connectivity index (χ1n) is 5.86. The summed E-state index contributed by atoms with van der Waals surface area (Å²) in [6, 6.07) is 0.739. The van der Waals surface area contributed by atoms with Crippen LogP contribution in [0, 0.1) is 12.8 Å². The number of nitrogens with one attached hydrogen (secondary N) is 1. The molecule has 0 aliphatic heterocycles. The molecule has 0 saturated heterocycles. The molecular weight excluding hydrogens is 204 g/mol. The molecule has 0 aromatic carbocycles. The number of aryl methyl sites for hydroxylation is 1. The summed E-state index contributed by atoms with van der Waals surface area (Å²) in [6.45, 7) is 2.09. The van der Waals surface area contributed by atoms with Crippen LogP contribution in [0.15, 0.2) is 5.38 Å². The topological polar surface area (TPSA) is 24.9 Å². The third-order valence-corrected chi connectivity index (χ3v) is 4.18. The lowest BCUT2D eigenvalue weighted by Crippen LogP contribution is -2.31. The van der Waals surface area contributed by atoms with Gasteiger partial charge in [0.25, 0.3) is 0 Å². The molecule has 1 N–H and O–H groups in total. The van der Waals surface area contributed by atoms with Gasteiger partial charge in [0.1, 0.15) is 0 Å². The minimum absolute atomic E-state index is 0.739. The van der Waals surface area contributed by atoms with E-state index in [1.807, 2.05) is 0 Å². The first-order valence-corrected chi connectivity index (χ1v) is 6.74. The molecule has 0 amide bonds. The number of rotatable bonds is 3. The zero-order valence-electron chi connectivity index (χ0n) is 9.62. The predicted molar refractivity (Wildman–Crippen MR) is 65.4 cm³/mol. The van der Waals surface area contributed by atoms with Gasteiger partial charge in [-0.1, -0.05) is 6.42 Å². The number of aromatic nitrogens is 1. The standard InChI is InChI=1S/C12H20N2S/c1-9-14-12(8-15-9)7-10-4-3-5-11(6-10)13-2/h8,10-11,13H,3-7H2,1-2H3. The number of thiazole rings is 1. The zero-order valence-corrected chi connectivity index (χ0v) is 10.4. The molecule has 2 rings (SSSR count). The Morgan fingerprint density at radius 3 is 3.07 bits per heavy atom. The smallest absolute Gasteiger partial charge is 0.0897 e. The summed E-state index contributed by atoms with van der Waals surface area (Å²) in [5, 5.41) is 6.83. The fraction of sp³-hybridized carbons (Fsp3) is 0.750. The molecule has 0 bridgehead atoms. The van der Waals surface area contributed by atoms with E-state index in [4.69, 9.17) is 0 Å². The van der Waals surface area contributed by atoms with Crippen LogP contribution >= 0.6 is 11.3 Å². The van der Waals surface area contributed by atoms with Crippen LogP contribution in [0.25, 0.3) is 0 Å². The van der Waals surface area contributed by atoms with Crippen molar-refractivity contribution in [3.63, 3.8) is 0 Å². The lowest BCUT2D eigenvalue weighted by Gasteiger charge is -2.28. The van der Waals surface area contributed by atoms with E-state index in [9.17, 15) is 0 Å². The van der Waals surface area contributed by atoms with Crippen molar-refractivity contribution >= 4 is 11.3 Å². The molecule has 1 fully saturated rings. The van der Waals surface area contributed by atoms with E-state index in [0.717, 1.165) is 12.0 Å². The van der Waals surface area contributed by atoms with Gasteiger partial charge in [0.2, 0.25) is 0 Å². The van der Waals surface area contributed by atoms with Gasteiger partial charge in [-0.15, -0.1) is 11.3 Å². The van der Waals surface area contributed by atoms with E-state index in [0.29, 0.717) is 0 Å². The molecule has 3 heteroatoms. The third-order valence-electron chi connectivity index (χ3n) is 3.36. The van der Waals surface area contributed by atoms with Crippen molar-refractivity contribution in [3.8, 4) is 0 Å². The van der Waals surface area contributed by atoms with Gasteiger partial charge in [-0.25, -0.2) is 4.98 Å². The second-order valence-corrected chi connectivity index (χ2v) is 5.64. The second kappa shape index (κ2) is 5.08. The van der Waals surface area contributed by atoms with Gasteiger partial charge in [0, 0.05) is 11.4 Å². The monoisotopic (exact) mass is 224 g/mol. The van der Waals surface area contributed by atoms with Crippen LogP contribution in [-0.4, -0.2) is 18.1 Å². The quantitative estimate of drug-likeness (QED) is 0.854. The van der Waals surface area contributed by atoms with Crippen LogP contribution in [0.2, 0.25) is 0 Å². The number of hydrogen-bond donors (Lipinski definition) is 1. The van der Waals surface area contributed by atoms with Gasteiger partial charge >= 0.3 is 0 Å². The minimum Gasteiger partial charge on any atom is -0.317 e. The molecule has 84 valence electrons. The van der Waals surface area contributed by atoms with Crippen LogP contribution in [0.1, 0.15) is 36.4 Å². The van der Waals surface area contributed by atoms with Gasteiger partial charge in [-0.05, 0) is 45.6 Å². The van der Waals surface area contributed by atoms with Gasteiger partial charge in [0.05, 0.1) is 10.7 Å². The van der Waals surface area contributed by atoms with Crippen LogP contribution in [0.5, 0.6) is 0 Å². The second-order valence-electron chi connectivity index (χ2n) is 4.58. The Labute approximate surface area is 96.1 Å². The minimum atomic E-state index is 0.739. The lowest BCUT2D eigenvalue weighted by molar-refractivity contribution is 0.293. The van der Waals surface area contributed by atoms with Crippen molar-refractivity contribution in [2.24, 2.45) is 5.92 Å². The van der Waals surface area contributed by atoms with E-state index in [-0.39, 0.29) is 0 Å². The molecule has 2 unspecified atom stereocenters. The van der Waals surface area contributed by atoms with Crippen LogP contribution in [0.3, 0.4) is 0 Å². The van der Waals surface area contributed by atoms with Crippen LogP contribution in [-0.2, 0) is 6.42 Å². The molecule has 2 nitrogen and oxygen atoms in total. The molecule has 1 heterocycles. The number of hydrogen-bond acceptors (Lipinski definition) is 3. The van der Waals surface area contributed by atoms with Gasteiger partial charge in [-0.3, -0.25) is 0 Å². The predicted octanol–water partition coefficient (Wildman–Crippen LogP) is 2.77. The molecule has 1 saturated carbocycles. The van der Waals surface area contributed by atoms with E-state index in [1.165, 1.54) is 42.8 Å². The van der Waals surface area contributed by atoms with Crippen molar-refractivity contribution in [2.75, 3.05) is 7.05 Å². The van der Waals surface area contributed by atoms with E-state index in [2.05, 4.69) is 29.7 Å². The highest BCUT2D eigenvalue weighted by molar-refractivity contribution is 7.09. The van der Waals surface area contributed by atoms with E-state index in [1.54, 1.807) is 11.3 Å². The normalized spacial score (nSPS) is 26.8. The Morgan fingerprint density at radius 1 is 1.53 bits per heavy atom. The Balaban J connectivity index is 1.88. The van der Waals surface area contributed by atoms with Crippen molar-refractivity contribution in [1.82, 2.24) is 10.3 Å². The Bertz CT molecular complexity index is 308. The van der Waals surface area contributed by atoms with Crippen LogP contribution < -0.4 is 5.32 Å². The summed E-state index contributed by atoms with van der Waals surface area (Å²) in [5.74, 6) is 0.845. The molecule has 15 heavy (non-hydrogen) atoms. The first kappa shape index (κ1) is 11.1. The molecule has 1 aliphatic rings. The Kier molecular flexibility index (Phi) is 3.76. The molecule has 1 aliphatic carbocycles. The van der Waals surface area contributed by atoms with Crippen molar-refractivity contribution in [1.29, 1.82) is 0 Å². The van der Waals surface area contributed by atoms with Gasteiger partial charge < -0.3 is 5.32 Å². The summed E-state index contributed by atoms with van der Waals surface area (Å²) < 4.78 is 0. The van der Waals surface area contributed by atoms with E-state index < -0.39 is 0 Å². The SMILES string of the molecule is CNC1CCCC(Cc2csc(C)n2)C1. The average molecular weight is 224 g/mol.